The number of imidazole rings is 1. The number of hydrogen-bond donors (Lipinski definition) is 1. The van der Waals surface area contributed by atoms with Gasteiger partial charge in [0.15, 0.2) is 0 Å². The zero-order valence-electron chi connectivity index (χ0n) is 18.9. The van der Waals surface area contributed by atoms with E-state index in [-0.39, 0.29) is 49.1 Å². The predicted molar refractivity (Wildman–Crippen MR) is 127 cm³/mol. The van der Waals surface area contributed by atoms with Gasteiger partial charge in [0.05, 0.1) is 36.2 Å². The van der Waals surface area contributed by atoms with Crippen LogP contribution in [0, 0.1) is 0 Å². The van der Waals surface area contributed by atoms with E-state index in [9.17, 15) is 26.3 Å². The van der Waals surface area contributed by atoms with Crippen molar-refractivity contribution in [3.05, 3.63) is 89.0 Å². The van der Waals surface area contributed by atoms with Crippen LogP contribution in [-0.4, -0.2) is 27.5 Å². The fourth-order valence-electron chi connectivity index (χ4n) is 4.35. The van der Waals surface area contributed by atoms with Crippen LogP contribution < -0.4 is 0 Å². The van der Waals surface area contributed by atoms with Crippen LogP contribution in [-0.2, 0) is 30.2 Å². The molecule has 0 spiro atoms. The van der Waals surface area contributed by atoms with Gasteiger partial charge in [-0.25, -0.2) is 4.98 Å². The Morgan fingerprint density at radius 2 is 1.58 bits per heavy atom. The molecule has 3 aromatic rings. The lowest BCUT2D eigenvalue weighted by Gasteiger charge is -2.41. The molecular weight excluding hydrogens is 531 g/mol. The summed E-state index contributed by atoms with van der Waals surface area (Å²) in [7, 11) is 0. The maximum Gasteiger partial charge on any atom is 0.416 e. The molecule has 0 amide bonds. The SMILES string of the molecule is Cl.Cl.FC(F)(F)c1cc(COC2CCCN(Cc3cnc[nH]3)C2c2ccccc2)cc(C(F)(F)F)c1. The summed E-state index contributed by atoms with van der Waals surface area (Å²) in [6.45, 7) is 0.959. The van der Waals surface area contributed by atoms with E-state index < -0.39 is 29.6 Å². The number of nitrogens with zero attached hydrogens (tertiary/aromatic N) is 2. The molecule has 1 aromatic heterocycles. The van der Waals surface area contributed by atoms with Crippen molar-refractivity contribution >= 4 is 24.8 Å². The average molecular weight is 556 g/mol. The van der Waals surface area contributed by atoms with E-state index >= 15 is 0 Å². The van der Waals surface area contributed by atoms with Gasteiger partial charge in [0.1, 0.15) is 0 Å². The van der Waals surface area contributed by atoms with Crippen molar-refractivity contribution in [1.82, 2.24) is 14.9 Å². The summed E-state index contributed by atoms with van der Waals surface area (Å²) in [6, 6.07) is 10.9. The number of ether oxygens (including phenoxy) is 1. The highest BCUT2D eigenvalue weighted by Crippen LogP contribution is 2.38. The number of alkyl halides is 6. The molecule has 36 heavy (non-hydrogen) atoms. The van der Waals surface area contributed by atoms with Gasteiger partial charge in [-0.15, -0.1) is 24.8 Å². The van der Waals surface area contributed by atoms with E-state index in [4.69, 9.17) is 4.74 Å². The Morgan fingerprint density at radius 3 is 2.14 bits per heavy atom. The molecule has 12 heteroatoms. The van der Waals surface area contributed by atoms with Gasteiger partial charge in [-0.1, -0.05) is 30.3 Å². The number of aromatic amines is 1. The highest BCUT2D eigenvalue weighted by Gasteiger charge is 2.38. The van der Waals surface area contributed by atoms with Gasteiger partial charge in [-0.2, -0.15) is 26.3 Å². The molecule has 0 radical (unpaired) electrons. The van der Waals surface area contributed by atoms with Gasteiger partial charge in [-0.05, 0) is 48.7 Å². The Bertz CT molecular complexity index is 1050. The van der Waals surface area contributed by atoms with Crippen LogP contribution in [0.25, 0.3) is 0 Å². The number of halogens is 8. The second-order valence-electron chi connectivity index (χ2n) is 8.31. The molecule has 2 atom stereocenters. The van der Waals surface area contributed by atoms with Crippen LogP contribution in [0.5, 0.6) is 0 Å². The quantitative estimate of drug-likeness (QED) is 0.326. The number of aromatic nitrogens is 2. The van der Waals surface area contributed by atoms with Crippen molar-refractivity contribution in [3.8, 4) is 0 Å². The molecule has 1 saturated heterocycles. The fraction of sp³-hybridized carbons (Fsp3) is 0.375. The normalized spacial score (nSPS) is 18.8. The maximum absolute atomic E-state index is 13.2. The molecule has 1 aliphatic rings. The molecule has 0 saturated carbocycles. The molecule has 1 N–H and O–H groups in total. The summed E-state index contributed by atoms with van der Waals surface area (Å²) in [5.74, 6) is 0. The number of benzene rings is 2. The average Bonchev–Trinajstić information content (AvgIpc) is 3.30. The Hall–Kier alpha value is -2.27. The van der Waals surface area contributed by atoms with E-state index in [1.165, 1.54) is 0 Å². The highest BCUT2D eigenvalue weighted by molar-refractivity contribution is 5.85. The smallest absolute Gasteiger partial charge is 0.372 e. The van der Waals surface area contributed by atoms with Crippen LogP contribution in [0.4, 0.5) is 26.3 Å². The summed E-state index contributed by atoms with van der Waals surface area (Å²) < 4.78 is 85.4. The molecule has 2 unspecified atom stereocenters. The van der Waals surface area contributed by atoms with Crippen molar-refractivity contribution < 1.29 is 31.1 Å². The first-order valence-electron chi connectivity index (χ1n) is 10.8. The lowest BCUT2D eigenvalue weighted by atomic mass is 9.92. The van der Waals surface area contributed by atoms with Crippen molar-refractivity contribution in [1.29, 1.82) is 0 Å². The Labute approximate surface area is 216 Å². The van der Waals surface area contributed by atoms with Gasteiger partial charge in [0, 0.05) is 18.4 Å². The van der Waals surface area contributed by atoms with Crippen molar-refractivity contribution in [2.45, 2.75) is 50.5 Å². The fourth-order valence-corrected chi connectivity index (χ4v) is 4.35. The molecule has 1 aliphatic heterocycles. The van der Waals surface area contributed by atoms with Gasteiger partial charge in [-0.3, -0.25) is 4.90 Å². The topological polar surface area (TPSA) is 41.1 Å². The maximum atomic E-state index is 13.2. The molecule has 2 aromatic carbocycles. The van der Waals surface area contributed by atoms with E-state index in [0.29, 0.717) is 13.0 Å². The van der Waals surface area contributed by atoms with Gasteiger partial charge in [0.25, 0.3) is 0 Å². The van der Waals surface area contributed by atoms with E-state index in [2.05, 4.69) is 14.9 Å². The van der Waals surface area contributed by atoms with E-state index in [0.717, 1.165) is 36.4 Å². The van der Waals surface area contributed by atoms with Crippen LogP contribution in [0.15, 0.2) is 61.1 Å². The van der Waals surface area contributed by atoms with Crippen molar-refractivity contribution in [2.24, 2.45) is 0 Å². The zero-order valence-corrected chi connectivity index (χ0v) is 20.5. The highest BCUT2D eigenvalue weighted by atomic mass is 35.5. The third kappa shape index (κ3) is 7.38. The molecule has 198 valence electrons. The predicted octanol–water partition coefficient (Wildman–Crippen LogP) is 7.21. The second-order valence-corrected chi connectivity index (χ2v) is 8.31. The van der Waals surface area contributed by atoms with Gasteiger partial charge < -0.3 is 9.72 Å². The molecule has 2 heterocycles. The lowest BCUT2D eigenvalue weighted by molar-refractivity contribution is -0.143. The van der Waals surface area contributed by atoms with Crippen LogP contribution in [0.3, 0.4) is 0 Å². The Kier molecular flexibility index (Phi) is 10.2. The summed E-state index contributed by atoms with van der Waals surface area (Å²) in [4.78, 5) is 9.29. The van der Waals surface area contributed by atoms with Gasteiger partial charge in [0.2, 0.25) is 0 Å². The zero-order chi connectivity index (χ0) is 24.3. The summed E-state index contributed by atoms with van der Waals surface area (Å²) in [5.41, 5.74) is -0.990. The molecular formula is C24H25Cl2F6N3O. The number of hydrogen-bond acceptors (Lipinski definition) is 3. The van der Waals surface area contributed by atoms with Crippen LogP contribution in [0.1, 0.15) is 46.8 Å². The minimum absolute atomic E-state index is 0. The van der Waals surface area contributed by atoms with Crippen molar-refractivity contribution in [3.63, 3.8) is 0 Å². The number of rotatable bonds is 6. The standard InChI is InChI=1S/C24H23F6N3O.2ClH/c25-23(26,27)18-9-16(10-19(11-18)24(28,29)30)14-34-21-7-4-8-33(13-20-12-31-15-32-20)22(21)17-5-2-1-3-6-17;;/h1-3,5-6,9-12,15,21-22H,4,7-8,13-14H2,(H,31,32);2*1H. The lowest BCUT2D eigenvalue weighted by Crippen LogP contribution is -2.42. The number of piperidine rings is 1. The molecule has 1 fully saturated rings. The third-order valence-electron chi connectivity index (χ3n) is 5.86. The monoisotopic (exact) mass is 555 g/mol. The number of likely N-dealkylation sites (tertiary alicyclic amines) is 1. The summed E-state index contributed by atoms with van der Waals surface area (Å²) in [5, 5.41) is 0. The molecule has 4 rings (SSSR count). The van der Waals surface area contributed by atoms with Crippen molar-refractivity contribution in [2.75, 3.05) is 6.54 Å². The Morgan fingerprint density at radius 1 is 0.944 bits per heavy atom. The van der Waals surface area contributed by atoms with E-state index in [1.54, 1.807) is 12.5 Å². The summed E-state index contributed by atoms with van der Waals surface area (Å²) >= 11 is 0. The first kappa shape index (κ1) is 30.0. The third-order valence-corrected chi connectivity index (χ3v) is 5.86. The number of H-pyrrole nitrogens is 1. The summed E-state index contributed by atoms with van der Waals surface area (Å²) in [6.07, 6.45) is -5.50. The minimum Gasteiger partial charge on any atom is -0.372 e. The molecule has 0 aliphatic carbocycles. The molecule has 4 nitrogen and oxygen atoms in total. The first-order chi connectivity index (χ1) is 16.1. The number of nitrogens with one attached hydrogen (secondary N) is 1. The van der Waals surface area contributed by atoms with E-state index in [1.807, 2.05) is 30.3 Å². The molecule has 0 bridgehead atoms. The largest absolute Gasteiger partial charge is 0.416 e. The first-order valence-corrected chi connectivity index (χ1v) is 10.8. The van der Waals surface area contributed by atoms with Crippen LogP contribution in [0.2, 0.25) is 0 Å². The second kappa shape index (κ2) is 12.3. The van der Waals surface area contributed by atoms with Crippen LogP contribution >= 0.6 is 24.8 Å². The van der Waals surface area contributed by atoms with Gasteiger partial charge >= 0.3 is 12.4 Å². The minimum atomic E-state index is -4.89. The Balaban J connectivity index is 0.00000228.